The van der Waals surface area contributed by atoms with Crippen molar-refractivity contribution in [2.75, 3.05) is 17.6 Å². The third-order valence-corrected chi connectivity index (χ3v) is 4.80. The SMILES string of the molecule is CCS(=O)(=O)Nc1cnc2ccc(-c3ccc(O)c(OC)c3)nc2n1. The number of ether oxygens (including phenoxy) is 1. The van der Waals surface area contributed by atoms with Crippen molar-refractivity contribution in [2.45, 2.75) is 6.92 Å². The van der Waals surface area contributed by atoms with Crippen LogP contribution in [-0.4, -0.2) is 41.3 Å². The number of hydrogen-bond acceptors (Lipinski definition) is 7. The largest absolute Gasteiger partial charge is 0.504 e. The first-order valence-electron chi connectivity index (χ1n) is 7.43. The second-order valence-corrected chi connectivity index (χ2v) is 7.20. The number of fused-ring (bicyclic) bond motifs is 1. The highest BCUT2D eigenvalue weighted by Gasteiger charge is 2.11. The van der Waals surface area contributed by atoms with E-state index in [2.05, 4.69) is 19.7 Å². The number of aromatic nitrogens is 3. The van der Waals surface area contributed by atoms with Gasteiger partial charge in [-0.1, -0.05) is 0 Å². The van der Waals surface area contributed by atoms with E-state index in [4.69, 9.17) is 4.74 Å². The van der Waals surface area contributed by atoms with E-state index in [0.29, 0.717) is 22.6 Å². The molecule has 0 radical (unpaired) electrons. The van der Waals surface area contributed by atoms with Crippen LogP contribution < -0.4 is 9.46 Å². The van der Waals surface area contributed by atoms with Crippen molar-refractivity contribution in [3.63, 3.8) is 0 Å². The highest BCUT2D eigenvalue weighted by atomic mass is 32.2. The van der Waals surface area contributed by atoms with Crippen LogP contribution in [0.4, 0.5) is 5.82 Å². The van der Waals surface area contributed by atoms with Crippen molar-refractivity contribution in [1.29, 1.82) is 0 Å². The van der Waals surface area contributed by atoms with Crippen molar-refractivity contribution in [2.24, 2.45) is 0 Å². The zero-order chi connectivity index (χ0) is 18.0. The van der Waals surface area contributed by atoms with Gasteiger partial charge in [-0.25, -0.2) is 23.4 Å². The van der Waals surface area contributed by atoms with E-state index >= 15 is 0 Å². The first-order valence-corrected chi connectivity index (χ1v) is 9.09. The van der Waals surface area contributed by atoms with Crippen molar-refractivity contribution in [1.82, 2.24) is 15.0 Å². The Kier molecular flexibility index (Phi) is 4.41. The summed E-state index contributed by atoms with van der Waals surface area (Å²) in [5, 5.41) is 9.69. The van der Waals surface area contributed by atoms with E-state index in [0.717, 1.165) is 5.56 Å². The smallest absolute Gasteiger partial charge is 0.233 e. The molecule has 3 rings (SSSR count). The molecular formula is C16H16N4O4S. The van der Waals surface area contributed by atoms with Gasteiger partial charge in [-0.05, 0) is 37.3 Å². The maximum absolute atomic E-state index is 11.7. The van der Waals surface area contributed by atoms with Gasteiger partial charge in [0.1, 0.15) is 5.52 Å². The molecule has 0 spiro atoms. The molecule has 1 aromatic carbocycles. The molecule has 9 heteroatoms. The first kappa shape index (κ1) is 16.9. The Morgan fingerprint density at radius 2 is 2.00 bits per heavy atom. The number of anilines is 1. The van der Waals surface area contributed by atoms with Gasteiger partial charge in [-0.2, -0.15) is 0 Å². The van der Waals surface area contributed by atoms with E-state index < -0.39 is 10.0 Å². The monoisotopic (exact) mass is 360 g/mol. The van der Waals surface area contributed by atoms with Gasteiger partial charge >= 0.3 is 0 Å². The minimum absolute atomic E-state index is 0.0306. The molecule has 0 saturated carbocycles. The summed E-state index contributed by atoms with van der Waals surface area (Å²) < 4.78 is 30.8. The minimum atomic E-state index is -3.44. The molecule has 2 N–H and O–H groups in total. The number of nitrogens with one attached hydrogen (secondary N) is 1. The topological polar surface area (TPSA) is 114 Å². The summed E-state index contributed by atoms with van der Waals surface area (Å²) >= 11 is 0. The molecule has 0 fully saturated rings. The van der Waals surface area contributed by atoms with Crippen LogP contribution in [0.25, 0.3) is 22.4 Å². The molecule has 2 heterocycles. The molecule has 130 valence electrons. The first-order chi connectivity index (χ1) is 11.9. The minimum Gasteiger partial charge on any atom is -0.504 e. The lowest BCUT2D eigenvalue weighted by Gasteiger charge is -2.08. The summed E-state index contributed by atoms with van der Waals surface area (Å²) in [6, 6.07) is 8.36. The maximum Gasteiger partial charge on any atom is 0.233 e. The van der Waals surface area contributed by atoms with Crippen LogP contribution in [0, 0.1) is 0 Å². The molecule has 0 amide bonds. The average molecular weight is 360 g/mol. The highest BCUT2D eigenvalue weighted by molar-refractivity contribution is 7.92. The fourth-order valence-corrected chi connectivity index (χ4v) is 2.74. The van der Waals surface area contributed by atoms with Gasteiger partial charge in [0.15, 0.2) is 23.0 Å². The van der Waals surface area contributed by atoms with Gasteiger partial charge in [0.25, 0.3) is 0 Å². The molecule has 0 aliphatic heterocycles. The lowest BCUT2D eigenvalue weighted by atomic mass is 10.1. The predicted molar refractivity (Wildman–Crippen MR) is 94.1 cm³/mol. The average Bonchev–Trinajstić information content (AvgIpc) is 2.61. The van der Waals surface area contributed by atoms with Crippen LogP contribution in [0.2, 0.25) is 0 Å². The molecule has 8 nitrogen and oxygen atoms in total. The zero-order valence-corrected chi connectivity index (χ0v) is 14.4. The fourth-order valence-electron chi connectivity index (χ4n) is 2.18. The van der Waals surface area contributed by atoms with E-state index in [1.54, 1.807) is 24.3 Å². The quantitative estimate of drug-likeness (QED) is 0.716. The number of pyridine rings is 1. The summed E-state index contributed by atoms with van der Waals surface area (Å²) in [6.45, 7) is 1.53. The Morgan fingerprint density at radius 1 is 1.20 bits per heavy atom. The molecule has 0 saturated heterocycles. The van der Waals surface area contributed by atoms with E-state index in [1.807, 2.05) is 0 Å². The van der Waals surface area contributed by atoms with Crippen LogP contribution in [0.5, 0.6) is 11.5 Å². The molecule has 25 heavy (non-hydrogen) atoms. The number of hydrogen-bond donors (Lipinski definition) is 2. The second kappa shape index (κ2) is 6.52. The molecule has 3 aromatic rings. The third-order valence-electron chi connectivity index (χ3n) is 3.52. The summed E-state index contributed by atoms with van der Waals surface area (Å²) in [6.07, 6.45) is 1.35. The van der Waals surface area contributed by atoms with E-state index in [-0.39, 0.29) is 17.3 Å². The molecule has 0 bridgehead atoms. The fraction of sp³-hybridized carbons (Fsp3) is 0.188. The number of methoxy groups -OCH3 is 1. The number of phenolic OH excluding ortho intramolecular Hbond substituents is 1. The number of sulfonamides is 1. The Hall–Kier alpha value is -2.94. The van der Waals surface area contributed by atoms with Gasteiger partial charge < -0.3 is 9.84 Å². The number of rotatable bonds is 5. The molecule has 0 atom stereocenters. The van der Waals surface area contributed by atoms with E-state index in [9.17, 15) is 13.5 Å². The number of nitrogens with zero attached hydrogens (tertiary/aromatic N) is 3. The predicted octanol–water partition coefficient (Wildman–Crippen LogP) is 2.17. The number of phenols is 1. The Bertz CT molecular complexity index is 1040. The molecular weight excluding hydrogens is 344 g/mol. The Labute approximate surface area is 144 Å². The van der Waals surface area contributed by atoms with Crippen molar-refractivity contribution < 1.29 is 18.3 Å². The second-order valence-electron chi connectivity index (χ2n) is 5.19. The molecule has 0 unspecified atom stereocenters. The van der Waals surface area contributed by atoms with Crippen LogP contribution in [0.1, 0.15) is 6.92 Å². The van der Waals surface area contributed by atoms with Gasteiger partial charge in [-0.3, -0.25) is 4.72 Å². The number of aromatic hydroxyl groups is 1. The van der Waals surface area contributed by atoms with Crippen molar-refractivity contribution >= 4 is 27.0 Å². The summed E-state index contributed by atoms with van der Waals surface area (Å²) in [7, 11) is -1.98. The van der Waals surface area contributed by atoms with Gasteiger partial charge in [0, 0.05) is 5.56 Å². The standard InChI is InChI=1S/C16H16N4O4S/c1-3-25(22,23)20-15-9-17-12-6-5-11(18-16(12)19-15)10-4-7-13(21)14(8-10)24-2/h4-9,21H,3H2,1-2H3,(H,18,19,20). The lowest BCUT2D eigenvalue weighted by molar-refractivity contribution is 0.373. The molecule has 2 aromatic heterocycles. The van der Waals surface area contributed by atoms with Gasteiger partial charge in [-0.15, -0.1) is 0 Å². The van der Waals surface area contributed by atoms with Crippen LogP contribution in [0.15, 0.2) is 36.5 Å². The zero-order valence-electron chi connectivity index (χ0n) is 13.6. The van der Waals surface area contributed by atoms with Gasteiger partial charge in [0.2, 0.25) is 10.0 Å². The summed E-state index contributed by atoms with van der Waals surface area (Å²) in [4.78, 5) is 12.8. The Balaban J connectivity index is 2.04. The van der Waals surface area contributed by atoms with E-state index in [1.165, 1.54) is 26.3 Å². The maximum atomic E-state index is 11.7. The highest BCUT2D eigenvalue weighted by Crippen LogP contribution is 2.31. The normalized spacial score (nSPS) is 11.4. The molecule has 0 aliphatic rings. The summed E-state index contributed by atoms with van der Waals surface area (Å²) in [5.74, 6) is 0.410. The van der Waals surface area contributed by atoms with Crippen molar-refractivity contribution in [3.05, 3.63) is 36.5 Å². The third kappa shape index (κ3) is 3.61. The van der Waals surface area contributed by atoms with Crippen molar-refractivity contribution in [3.8, 4) is 22.8 Å². The lowest BCUT2D eigenvalue weighted by Crippen LogP contribution is -2.15. The summed E-state index contributed by atoms with van der Waals surface area (Å²) in [5.41, 5.74) is 2.16. The van der Waals surface area contributed by atoms with Crippen LogP contribution in [0.3, 0.4) is 0 Å². The number of benzene rings is 1. The van der Waals surface area contributed by atoms with Gasteiger partial charge in [0.05, 0.1) is 24.8 Å². The Morgan fingerprint density at radius 3 is 2.72 bits per heavy atom. The van der Waals surface area contributed by atoms with Crippen LogP contribution in [-0.2, 0) is 10.0 Å². The van der Waals surface area contributed by atoms with Crippen LogP contribution >= 0.6 is 0 Å². The molecule has 0 aliphatic carbocycles.